The number of sulfonamides is 1. The van der Waals surface area contributed by atoms with Gasteiger partial charge in [0.25, 0.3) is 0 Å². The van der Waals surface area contributed by atoms with E-state index in [1.54, 1.807) is 30.9 Å². The number of benzene rings is 1. The molecule has 0 aromatic heterocycles. The lowest BCUT2D eigenvalue weighted by molar-refractivity contribution is -0.127. The highest BCUT2D eigenvalue weighted by molar-refractivity contribution is 7.89. The first-order chi connectivity index (χ1) is 14.3. The Morgan fingerprint density at radius 3 is 2.27 bits per heavy atom. The minimum atomic E-state index is -3.53. The zero-order valence-electron chi connectivity index (χ0n) is 18.1. The van der Waals surface area contributed by atoms with Crippen molar-refractivity contribution in [2.45, 2.75) is 63.8 Å². The first-order valence-corrected chi connectivity index (χ1v) is 12.4. The molecule has 30 heavy (non-hydrogen) atoms. The maximum absolute atomic E-state index is 12.7. The molecular weight excluding hydrogens is 402 g/mol. The largest absolute Gasteiger partial charge is 0.353 e. The third-order valence-corrected chi connectivity index (χ3v) is 8.41. The molecule has 1 saturated carbocycles. The van der Waals surface area contributed by atoms with Gasteiger partial charge >= 0.3 is 0 Å². The van der Waals surface area contributed by atoms with Crippen LogP contribution in [0.15, 0.2) is 29.2 Å². The topological polar surface area (TPSA) is 86.8 Å². The summed E-state index contributed by atoms with van der Waals surface area (Å²) in [5, 5.41) is 3.13. The number of amides is 2. The van der Waals surface area contributed by atoms with Crippen molar-refractivity contribution >= 4 is 27.5 Å². The number of rotatable bonds is 7. The number of nitrogens with zero attached hydrogens (tertiary/aromatic N) is 2. The summed E-state index contributed by atoms with van der Waals surface area (Å²) < 4.78 is 26.7. The van der Waals surface area contributed by atoms with Crippen molar-refractivity contribution in [2.24, 2.45) is 11.8 Å². The first-order valence-electron chi connectivity index (χ1n) is 11.0. The zero-order valence-corrected chi connectivity index (χ0v) is 19.0. The van der Waals surface area contributed by atoms with Crippen molar-refractivity contribution in [2.75, 3.05) is 24.5 Å². The minimum absolute atomic E-state index is 0.0499. The van der Waals surface area contributed by atoms with Crippen molar-refractivity contribution < 1.29 is 18.0 Å². The molecule has 1 saturated heterocycles. The molecule has 1 aliphatic heterocycles. The van der Waals surface area contributed by atoms with Crippen molar-refractivity contribution in [3.63, 3.8) is 0 Å². The van der Waals surface area contributed by atoms with Gasteiger partial charge in [-0.05, 0) is 55.9 Å². The molecule has 0 radical (unpaired) electrons. The second-order valence-corrected chi connectivity index (χ2v) is 10.4. The Bertz CT molecular complexity index is 857. The maximum Gasteiger partial charge on any atom is 0.243 e. The van der Waals surface area contributed by atoms with E-state index in [2.05, 4.69) is 12.2 Å². The fourth-order valence-corrected chi connectivity index (χ4v) is 5.82. The van der Waals surface area contributed by atoms with Crippen LogP contribution in [0, 0.1) is 11.8 Å². The molecule has 2 amide bonds. The van der Waals surface area contributed by atoms with E-state index in [-0.39, 0.29) is 35.1 Å². The second kappa shape index (κ2) is 9.47. The monoisotopic (exact) mass is 435 g/mol. The Labute approximate surface area is 179 Å². The molecule has 3 rings (SSSR count). The van der Waals surface area contributed by atoms with Crippen LogP contribution < -0.4 is 10.2 Å². The molecule has 1 atom stereocenters. The van der Waals surface area contributed by atoms with Gasteiger partial charge < -0.3 is 10.2 Å². The lowest BCUT2D eigenvalue weighted by atomic mass is 9.87. The van der Waals surface area contributed by atoms with Crippen LogP contribution in [0.4, 0.5) is 5.69 Å². The molecule has 0 spiro atoms. The number of anilines is 1. The smallest absolute Gasteiger partial charge is 0.243 e. The normalized spacial score (nSPS) is 25.0. The summed E-state index contributed by atoms with van der Waals surface area (Å²) in [7, 11) is -3.53. The molecule has 1 aromatic carbocycles. The Morgan fingerprint density at radius 2 is 1.70 bits per heavy atom. The van der Waals surface area contributed by atoms with Crippen molar-refractivity contribution in [3.8, 4) is 0 Å². The first kappa shape index (κ1) is 22.7. The lowest BCUT2D eigenvalue weighted by Gasteiger charge is -2.27. The average Bonchev–Trinajstić information content (AvgIpc) is 3.12. The van der Waals surface area contributed by atoms with E-state index >= 15 is 0 Å². The number of carbonyl (C=O) groups is 2. The van der Waals surface area contributed by atoms with Crippen molar-refractivity contribution in [1.82, 2.24) is 9.62 Å². The molecule has 7 nitrogen and oxygen atoms in total. The number of nitrogens with one attached hydrogen (secondary N) is 1. The molecule has 8 heteroatoms. The molecule has 0 bridgehead atoms. The van der Waals surface area contributed by atoms with Gasteiger partial charge in [-0.2, -0.15) is 4.31 Å². The molecule has 2 fully saturated rings. The van der Waals surface area contributed by atoms with Crippen molar-refractivity contribution in [1.29, 1.82) is 0 Å². The van der Waals surface area contributed by atoms with Crippen LogP contribution in [-0.2, 0) is 19.6 Å². The van der Waals surface area contributed by atoms with E-state index < -0.39 is 10.0 Å². The van der Waals surface area contributed by atoms with Gasteiger partial charge in [0, 0.05) is 37.8 Å². The van der Waals surface area contributed by atoms with E-state index in [1.165, 1.54) is 16.4 Å². The minimum Gasteiger partial charge on any atom is -0.353 e. The molecule has 166 valence electrons. The van der Waals surface area contributed by atoms with E-state index in [0.717, 1.165) is 31.6 Å². The molecule has 1 unspecified atom stereocenters. The maximum atomic E-state index is 12.7. The molecule has 1 N–H and O–H groups in total. The van der Waals surface area contributed by atoms with Crippen LogP contribution in [0.1, 0.15) is 52.9 Å². The van der Waals surface area contributed by atoms with Crippen LogP contribution in [0.25, 0.3) is 0 Å². The molecule has 2 aliphatic rings. The Kier molecular flexibility index (Phi) is 7.18. The van der Waals surface area contributed by atoms with Gasteiger partial charge in [0.1, 0.15) is 0 Å². The van der Waals surface area contributed by atoms with E-state index in [0.29, 0.717) is 25.3 Å². The standard InChI is InChI=1S/C22H33N3O4S/c1-4-24(5-2)30(28,29)20-12-10-19(11-13-20)25-15-17(14-21(25)26)22(27)23-18-8-6-16(3)7-9-18/h10-13,16-18H,4-9,14-15H2,1-3H3,(H,23,27). The Balaban J connectivity index is 1.64. The second-order valence-electron chi connectivity index (χ2n) is 8.45. The Hall–Kier alpha value is -1.93. The summed E-state index contributed by atoms with van der Waals surface area (Å²) >= 11 is 0. The number of hydrogen-bond acceptors (Lipinski definition) is 4. The average molecular weight is 436 g/mol. The third kappa shape index (κ3) is 4.86. The third-order valence-electron chi connectivity index (χ3n) is 6.35. The zero-order chi connectivity index (χ0) is 21.9. The van der Waals surface area contributed by atoms with E-state index in [9.17, 15) is 18.0 Å². The number of hydrogen-bond donors (Lipinski definition) is 1. The molecular formula is C22H33N3O4S. The van der Waals surface area contributed by atoms with Gasteiger partial charge in [-0.25, -0.2) is 8.42 Å². The van der Waals surface area contributed by atoms with Gasteiger partial charge in [0.05, 0.1) is 10.8 Å². The van der Waals surface area contributed by atoms with Crippen LogP contribution in [0.5, 0.6) is 0 Å². The quantitative estimate of drug-likeness (QED) is 0.713. The predicted molar refractivity (Wildman–Crippen MR) is 117 cm³/mol. The summed E-state index contributed by atoms with van der Waals surface area (Å²) in [4.78, 5) is 27.0. The fourth-order valence-electron chi connectivity index (χ4n) is 4.37. The van der Waals surface area contributed by atoms with E-state index in [1.807, 2.05) is 0 Å². The SMILES string of the molecule is CCN(CC)S(=O)(=O)c1ccc(N2CC(C(=O)NC3CCC(C)CC3)CC2=O)cc1. The molecule has 1 aromatic rings. The fraction of sp³-hybridized carbons (Fsp3) is 0.636. The predicted octanol–water partition coefficient (Wildman–Crippen LogP) is 2.76. The summed E-state index contributed by atoms with van der Waals surface area (Å²) in [6, 6.07) is 6.58. The highest BCUT2D eigenvalue weighted by Crippen LogP contribution is 2.28. The number of carbonyl (C=O) groups excluding carboxylic acids is 2. The van der Waals surface area contributed by atoms with Gasteiger partial charge in [-0.3, -0.25) is 9.59 Å². The van der Waals surface area contributed by atoms with Crippen LogP contribution in [0.3, 0.4) is 0 Å². The molecule has 1 aliphatic carbocycles. The Morgan fingerprint density at radius 1 is 1.10 bits per heavy atom. The highest BCUT2D eigenvalue weighted by atomic mass is 32.2. The lowest BCUT2D eigenvalue weighted by Crippen LogP contribution is -2.41. The van der Waals surface area contributed by atoms with Gasteiger partial charge in [0.15, 0.2) is 0 Å². The summed E-state index contributed by atoms with van der Waals surface area (Å²) in [6.07, 6.45) is 4.45. The van der Waals surface area contributed by atoms with Gasteiger partial charge in [0.2, 0.25) is 21.8 Å². The summed E-state index contributed by atoms with van der Waals surface area (Å²) in [6.45, 7) is 6.98. The van der Waals surface area contributed by atoms with Gasteiger partial charge in [-0.1, -0.05) is 20.8 Å². The van der Waals surface area contributed by atoms with Crippen LogP contribution in [0.2, 0.25) is 0 Å². The van der Waals surface area contributed by atoms with Crippen LogP contribution >= 0.6 is 0 Å². The van der Waals surface area contributed by atoms with Crippen molar-refractivity contribution in [3.05, 3.63) is 24.3 Å². The van der Waals surface area contributed by atoms with Crippen LogP contribution in [-0.4, -0.2) is 50.2 Å². The summed E-state index contributed by atoms with van der Waals surface area (Å²) in [5.41, 5.74) is 0.625. The van der Waals surface area contributed by atoms with Gasteiger partial charge in [-0.15, -0.1) is 0 Å². The van der Waals surface area contributed by atoms with E-state index in [4.69, 9.17) is 0 Å². The highest BCUT2D eigenvalue weighted by Gasteiger charge is 2.36. The molecule has 1 heterocycles. The summed E-state index contributed by atoms with van der Waals surface area (Å²) in [5.74, 6) is 0.198.